The molecule has 0 heterocycles. The Morgan fingerprint density at radius 2 is 2.00 bits per heavy atom. The van der Waals surface area contributed by atoms with E-state index in [0.29, 0.717) is 0 Å². The standard InChI is InChI=1S/C10H14N2O2/c1-8(11)2-3-9-4-6-10(7-5-9)12(13)14/h4-8H,2-3,11H2,1H3/t8-/m1/s1. The smallest absolute Gasteiger partial charge is 0.269 e. The number of non-ortho nitro benzene ring substituents is 1. The minimum absolute atomic E-state index is 0.134. The van der Waals surface area contributed by atoms with Crippen LogP contribution in [0.25, 0.3) is 0 Å². The molecule has 1 rings (SSSR count). The summed E-state index contributed by atoms with van der Waals surface area (Å²) >= 11 is 0. The summed E-state index contributed by atoms with van der Waals surface area (Å²) in [6.45, 7) is 1.95. The molecule has 0 aliphatic heterocycles. The number of hydrogen-bond donors (Lipinski definition) is 1. The van der Waals surface area contributed by atoms with Crippen LogP contribution in [0.5, 0.6) is 0 Å². The highest BCUT2D eigenvalue weighted by atomic mass is 16.6. The Hall–Kier alpha value is -1.42. The van der Waals surface area contributed by atoms with Crippen LogP contribution >= 0.6 is 0 Å². The van der Waals surface area contributed by atoms with Crippen LogP contribution in [0.2, 0.25) is 0 Å². The lowest BCUT2D eigenvalue weighted by atomic mass is 10.1. The normalized spacial score (nSPS) is 12.4. The number of aryl methyl sites for hydroxylation is 1. The van der Waals surface area contributed by atoms with Crippen LogP contribution in [0.1, 0.15) is 18.9 Å². The fraction of sp³-hybridized carbons (Fsp3) is 0.400. The monoisotopic (exact) mass is 194 g/mol. The van der Waals surface area contributed by atoms with E-state index >= 15 is 0 Å². The summed E-state index contributed by atoms with van der Waals surface area (Å²) in [4.78, 5) is 9.97. The first-order valence-corrected chi connectivity index (χ1v) is 4.58. The van der Waals surface area contributed by atoms with Gasteiger partial charge in [-0.05, 0) is 25.3 Å². The van der Waals surface area contributed by atoms with Crippen molar-refractivity contribution in [2.45, 2.75) is 25.8 Å². The third-order valence-electron chi connectivity index (χ3n) is 2.04. The first kappa shape index (κ1) is 10.7. The molecule has 0 spiro atoms. The number of rotatable bonds is 4. The van der Waals surface area contributed by atoms with Crippen LogP contribution < -0.4 is 5.73 Å². The van der Waals surface area contributed by atoms with E-state index in [1.165, 1.54) is 12.1 Å². The fourth-order valence-corrected chi connectivity index (χ4v) is 1.18. The Labute approximate surface area is 82.9 Å². The molecule has 4 heteroatoms. The van der Waals surface area contributed by atoms with Gasteiger partial charge in [-0.1, -0.05) is 12.1 Å². The molecule has 1 aromatic rings. The van der Waals surface area contributed by atoms with Crippen molar-refractivity contribution in [1.29, 1.82) is 0 Å². The molecule has 1 aromatic carbocycles. The summed E-state index contributed by atoms with van der Waals surface area (Å²) in [6, 6.07) is 6.78. The molecule has 0 aromatic heterocycles. The Morgan fingerprint density at radius 3 is 2.43 bits per heavy atom. The third kappa shape index (κ3) is 3.14. The van der Waals surface area contributed by atoms with Gasteiger partial charge in [0, 0.05) is 18.2 Å². The molecule has 76 valence electrons. The predicted octanol–water partition coefficient (Wildman–Crippen LogP) is 1.87. The molecule has 2 N–H and O–H groups in total. The van der Waals surface area contributed by atoms with Crippen molar-refractivity contribution >= 4 is 5.69 Å². The first-order chi connectivity index (χ1) is 6.59. The molecule has 1 atom stereocenters. The van der Waals surface area contributed by atoms with E-state index in [2.05, 4.69) is 0 Å². The maximum absolute atomic E-state index is 10.4. The maximum atomic E-state index is 10.4. The van der Waals surface area contributed by atoms with Gasteiger partial charge in [-0.2, -0.15) is 0 Å². The number of nitro groups is 1. The molecule has 4 nitrogen and oxygen atoms in total. The zero-order valence-corrected chi connectivity index (χ0v) is 8.14. The van der Waals surface area contributed by atoms with Gasteiger partial charge < -0.3 is 5.73 Å². The highest BCUT2D eigenvalue weighted by molar-refractivity contribution is 5.32. The average Bonchev–Trinajstić information content (AvgIpc) is 2.15. The second-order valence-corrected chi connectivity index (χ2v) is 3.44. The van der Waals surface area contributed by atoms with E-state index in [0.717, 1.165) is 18.4 Å². The highest BCUT2D eigenvalue weighted by Crippen LogP contribution is 2.13. The molecule has 0 amide bonds. The van der Waals surface area contributed by atoms with Gasteiger partial charge in [0.25, 0.3) is 5.69 Å². The summed E-state index contributed by atoms with van der Waals surface area (Å²) in [5, 5.41) is 10.4. The largest absolute Gasteiger partial charge is 0.328 e. The van der Waals surface area contributed by atoms with Crippen molar-refractivity contribution < 1.29 is 4.92 Å². The Bertz CT molecular complexity index is 306. The third-order valence-corrected chi connectivity index (χ3v) is 2.04. The van der Waals surface area contributed by atoms with Crippen molar-refractivity contribution in [2.24, 2.45) is 5.73 Å². The van der Waals surface area contributed by atoms with Gasteiger partial charge in [-0.3, -0.25) is 10.1 Å². The molecular formula is C10H14N2O2. The van der Waals surface area contributed by atoms with Crippen LogP contribution in [0.3, 0.4) is 0 Å². The van der Waals surface area contributed by atoms with Crippen LogP contribution in [0.4, 0.5) is 5.69 Å². The van der Waals surface area contributed by atoms with Crippen LogP contribution in [-0.2, 0) is 6.42 Å². The second kappa shape index (κ2) is 4.72. The highest BCUT2D eigenvalue weighted by Gasteiger charge is 2.03. The van der Waals surface area contributed by atoms with Crippen molar-refractivity contribution in [3.8, 4) is 0 Å². The number of nitrogens with two attached hydrogens (primary N) is 1. The van der Waals surface area contributed by atoms with Gasteiger partial charge in [0.15, 0.2) is 0 Å². The second-order valence-electron chi connectivity index (χ2n) is 3.44. The molecule has 0 fully saturated rings. The summed E-state index contributed by atoms with van der Waals surface area (Å²) in [7, 11) is 0. The van der Waals surface area contributed by atoms with E-state index in [1.807, 2.05) is 6.92 Å². The van der Waals surface area contributed by atoms with Crippen molar-refractivity contribution in [3.05, 3.63) is 39.9 Å². The first-order valence-electron chi connectivity index (χ1n) is 4.58. The summed E-state index contributed by atoms with van der Waals surface area (Å²) < 4.78 is 0. The predicted molar refractivity (Wildman–Crippen MR) is 55.1 cm³/mol. The lowest BCUT2D eigenvalue weighted by Crippen LogP contribution is -2.15. The average molecular weight is 194 g/mol. The van der Waals surface area contributed by atoms with E-state index in [4.69, 9.17) is 5.73 Å². The Balaban J connectivity index is 2.60. The van der Waals surface area contributed by atoms with Crippen LogP contribution in [0.15, 0.2) is 24.3 Å². The van der Waals surface area contributed by atoms with Gasteiger partial charge in [0.1, 0.15) is 0 Å². The topological polar surface area (TPSA) is 69.2 Å². The summed E-state index contributed by atoms with van der Waals surface area (Å²) in [6.07, 6.45) is 1.77. The molecule has 0 bridgehead atoms. The number of nitro benzene ring substituents is 1. The number of benzene rings is 1. The summed E-state index contributed by atoms with van der Waals surface area (Å²) in [5.41, 5.74) is 6.83. The van der Waals surface area contributed by atoms with Gasteiger partial charge in [0.05, 0.1) is 4.92 Å². The van der Waals surface area contributed by atoms with E-state index in [1.54, 1.807) is 12.1 Å². The van der Waals surface area contributed by atoms with E-state index in [9.17, 15) is 10.1 Å². The lowest BCUT2D eigenvalue weighted by molar-refractivity contribution is -0.384. The van der Waals surface area contributed by atoms with Crippen molar-refractivity contribution in [2.75, 3.05) is 0 Å². The zero-order valence-electron chi connectivity index (χ0n) is 8.14. The minimum Gasteiger partial charge on any atom is -0.328 e. The molecule has 0 unspecified atom stereocenters. The van der Waals surface area contributed by atoms with Crippen molar-refractivity contribution in [3.63, 3.8) is 0 Å². The van der Waals surface area contributed by atoms with Crippen molar-refractivity contribution in [1.82, 2.24) is 0 Å². The number of hydrogen-bond acceptors (Lipinski definition) is 3. The Morgan fingerprint density at radius 1 is 1.43 bits per heavy atom. The minimum atomic E-state index is -0.394. The molecule has 0 radical (unpaired) electrons. The van der Waals surface area contributed by atoms with E-state index < -0.39 is 4.92 Å². The van der Waals surface area contributed by atoms with Gasteiger partial charge in [0.2, 0.25) is 0 Å². The van der Waals surface area contributed by atoms with Crippen LogP contribution in [0, 0.1) is 10.1 Å². The molecule has 0 saturated carbocycles. The molecule has 0 saturated heterocycles. The molecule has 0 aliphatic rings. The van der Waals surface area contributed by atoms with Gasteiger partial charge in [-0.25, -0.2) is 0 Å². The molecular weight excluding hydrogens is 180 g/mol. The quantitative estimate of drug-likeness (QED) is 0.587. The molecule has 14 heavy (non-hydrogen) atoms. The maximum Gasteiger partial charge on any atom is 0.269 e. The summed E-state index contributed by atoms with van der Waals surface area (Å²) in [5.74, 6) is 0. The van der Waals surface area contributed by atoms with Gasteiger partial charge >= 0.3 is 0 Å². The SMILES string of the molecule is C[C@@H](N)CCc1ccc([N+](=O)[O-])cc1. The fourth-order valence-electron chi connectivity index (χ4n) is 1.18. The molecule has 0 aliphatic carbocycles. The van der Waals surface area contributed by atoms with E-state index in [-0.39, 0.29) is 11.7 Å². The zero-order chi connectivity index (χ0) is 10.6. The Kier molecular flexibility index (Phi) is 3.59. The lowest BCUT2D eigenvalue weighted by Gasteiger charge is -2.04. The van der Waals surface area contributed by atoms with Gasteiger partial charge in [-0.15, -0.1) is 0 Å². The number of nitrogens with zero attached hydrogens (tertiary/aromatic N) is 1. The van der Waals surface area contributed by atoms with Crippen LogP contribution in [-0.4, -0.2) is 11.0 Å².